The average Bonchev–Trinajstić information content (AvgIpc) is 3.21. The van der Waals surface area contributed by atoms with Crippen LogP contribution in [0.3, 0.4) is 0 Å². The summed E-state index contributed by atoms with van der Waals surface area (Å²) in [5.41, 5.74) is 10.9. The number of nitrogens with two attached hydrogens (primary N) is 1. The van der Waals surface area contributed by atoms with Gasteiger partial charge >= 0.3 is 0 Å². The Bertz CT molecular complexity index is 1460. The van der Waals surface area contributed by atoms with E-state index in [1.165, 1.54) is 5.56 Å². The molecule has 0 aliphatic rings. The molecule has 170 valence electrons. The average molecular weight is 451 g/mol. The van der Waals surface area contributed by atoms with Gasteiger partial charge in [-0.05, 0) is 42.0 Å². The Morgan fingerprint density at radius 3 is 2.44 bits per heavy atom. The van der Waals surface area contributed by atoms with Crippen LogP contribution in [0.15, 0.2) is 84.9 Å². The molecule has 0 aliphatic heterocycles. The van der Waals surface area contributed by atoms with Gasteiger partial charge in [-0.25, -0.2) is 4.98 Å². The number of carbonyl (C=O) groups is 1. The molecular formula is C28H26N4O2. The first-order valence-corrected chi connectivity index (χ1v) is 11.3. The van der Waals surface area contributed by atoms with Crippen molar-refractivity contribution in [3.63, 3.8) is 0 Å². The number of para-hydroxylation sites is 1. The summed E-state index contributed by atoms with van der Waals surface area (Å²) in [6.07, 6.45) is 0. The number of fused-ring (bicyclic) bond motifs is 3. The highest BCUT2D eigenvalue weighted by atomic mass is 16.5. The van der Waals surface area contributed by atoms with Crippen molar-refractivity contribution in [2.75, 3.05) is 20.2 Å². The fourth-order valence-corrected chi connectivity index (χ4v) is 4.35. The van der Waals surface area contributed by atoms with Crippen molar-refractivity contribution in [2.24, 2.45) is 5.73 Å². The second-order valence-corrected chi connectivity index (χ2v) is 8.11. The van der Waals surface area contributed by atoms with Gasteiger partial charge < -0.3 is 20.4 Å². The summed E-state index contributed by atoms with van der Waals surface area (Å²) in [6, 6.07) is 28.3. The Hall–Kier alpha value is -4.16. The highest BCUT2D eigenvalue weighted by Crippen LogP contribution is 2.36. The van der Waals surface area contributed by atoms with Gasteiger partial charge in [0.1, 0.15) is 11.4 Å². The number of benzene rings is 3. The lowest BCUT2D eigenvalue weighted by Gasteiger charge is -2.13. The topological polar surface area (TPSA) is 82.2 Å². The number of rotatable bonds is 7. The van der Waals surface area contributed by atoms with E-state index in [4.69, 9.17) is 15.5 Å². The second kappa shape index (κ2) is 9.37. The number of carbonyl (C=O) groups excluding carboxylic acids is 1. The Morgan fingerprint density at radius 1 is 0.971 bits per heavy atom. The highest BCUT2D eigenvalue weighted by Gasteiger charge is 2.20. The van der Waals surface area contributed by atoms with Gasteiger partial charge in [-0.1, -0.05) is 48.5 Å². The summed E-state index contributed by atoms with van der Waals surface area (Å²) in [4.78, 5) is 17.8. The molecule has 2 aromatic heterocycles. The number of aromatic nitrogens is 2. The van der Waals surface area contributed by atoms with Gasteiger partial charge in [0, 0.05) is 41.5 Å². The molecule has 0 spiro atoms. The first-order valence-electron chi connectivity index (χ1n) is 11.3. The molecule has 1 amide bonds. The summed E-state index contributed by atoms with van der Waals surface area (Å²) in [6.45, 7) is 1.45. The normalized spacial score (nSPS) is 11.1. The minimum Gasteiger partial charge on any atom is -0.497 e. The molecule has 0 unspecified atom stereocenters. The van der Waals surface area contributed by atoms with Crippen LogP contribution < -0.4 is 15.8 Å². The van der Waals surface area contributed by atoms with Crippen LogP contribution in [0.2, 0.25) is 0 Å². The highest BCUT2D eigenvalue weighted by molar-refractivity contribution is 6.14. The molecule has 5 rings (SSSR count). The first kappa shape index (κ1) is 21.7. The van der Waals surface area contributed by atoms with Gasteiger partial charge in [-0.3, -0.25) is 4.79 Å². The maximum Gasteiger partial charge on any atom is 0.269 e. The predicted octanol–water partition coefficient (Wildman–Crippen LogP) is 4.60. The Balaban J connectivity index is 1.80. The Labute approximate surface area is 198 Å². The van der Waals surface area contributed by atoms with Crippen molar-refractivity contribution in [2.45, 2.75) is 6.54 Å². The van der Waals surface area contributed by atoms with Crippen molar-refractivity contribution < 1.29 is 9.53 Å². The van der Waals surface area contributed by atoms with Crippen LogP contribution in [0.4, 0.5) is 0 Å². The van der Waals surface area contributed by atoms with Crippen molar-refractivity contribution >= 4 is 27.7 Å². The summed E-state index contributed by atoms with van der Waals surface area (Å²) < 4.78 is 7.63. The molecule has 2 heterocycles. The third kappa shape index (κ3) is 4.00. The van der Waals surface area contributed by atoms with Crippen molar-refractivity contribution in [1.82, 2.24) is 14.9 Å². The van der Waals surface area contributed by atoms with Crippen molar-refractivity contribution in [3.8, 4) is 17.0 Å². The molecule has 34 heavy (non-hydrogen) atoms. The molecule has 0 bridgehead atoms. The maximum atomic E-state index is 12.9. The SMILES string of the molecule is COc1ccc(-c2nc(C(=O)NCCN)cc3c4ccccc4n(Cc4ccccc4)c23)cc1. The standard InChI is InChI=1S/C28H26N4O2/c1-34-21-13-11-20(12-14-21)26-27-23(17-24(31-26)28(33)30-16-15-29)22-9-5-6-10-25(22)32(27)18-19-7-3-2-4-8-19/h2-14,17H,15-16,18,29H2,1H3,(H,30,33). The Kier molecular flexibility index (Phi) is 5.97. The van der Waals surface area contributed by atoms with E-state index < -0.39 is 0 Å². The van der Waals surface area contributed by atoms with Crippen LogP contribution in [0.5, 0.6) is 5.75 Å². The number of ether oxygens (including phenoxy) is 1. The van der Waals surface area contributed by atoms with Gasteiger partial charge in [0.2, 0.25) is 0 Å². The van der Waals surface area contributed by atoms with Crippen LogP contribution in [0.25, 0.3) is 33.1 Å². The zero-order valence-electron chi connectivity index (χ0n) is 19.0. The van der Waals surface area contributed by atoms with Crippen LogP contribution in [-0.2, 0) is 6.54 Å². The van der Waals surface area contributed by atoms with Gasteiger partial charge in [0.05, 0.1) is 18.3 Å². The number of nitrogens with one attached hydrogen (secondary N) is 1. The molecule has 6 heteroatoms. The molecule has 3 aromatic carbocycles. The van der Waals surface area contributed by atoms with Gasteiger partial charge in [0.15, 0.2) is 0 Å². The van der Waals surface area contributed by atoms with Crippen molar-refractivity contribution in [1.29, 1.82) is 0 Å². The maximum absolute atomic E-state index is 12.9. The number of methoxy groups -OCH3 is 1. The third-order valence-corrected chi connectivity index (χ3v) is 5.96. The van der Waals surface area contributed by atoms with Crippen LogP contribution in [-0.4, -0.2) is 35.7 Å². The van der Waals surface area contributed by atoms with E-state index in [0.717, 1.165) is 38.8 Å². The van der Waals surface area contributed by atoms with E-state index in [1.54, 1.807) is 7.11 Å². The van der Waals surface area contributed by atoms with Crippen LogP contribution >= 0.6 is 0 Å². The van der Waals surface area contributed by atoms with Crippen LogP contribution in [0, 0.1) is 0 Å². The van der Waals surface area contributed by atoms with E-state index >= 15 is 0 Å². The quantitative estimate of drug-likeness (QED) is 0.380. The smallest absolute Gasteiger partial charge is 0.269 e. The molecule has 3 N–H and O–H groups in total. The minimum atomic E-state index is -0.234. The van der Waals surface area contributed by atoms with Gasteiger partial charge in [-0.2, -0.15) is 0 Å². The predicted molar refractivity (Wildman–Crippen MR) is 136 cm³/mol. The number of hydrogen-bond donors (Lipinski definition) is 2. The molecule has 5 aromatic rings. The minimum absolute atomic E-state index is 0.234. The first-order chi connectivity index (χ1) is 16.7. The van der Waals surface area contributed by atoms with Crippen LogP contribution in [0.1, 0.15) is 16.1 Å². The van der Waals surface area contributed by atoms with Gasteiger partial charge in [-0.15, -0.1) is 0 Å². The van der Waals surface area contributed by atoms with Gasteiger partial charge in [0.25, 0.3) is 5.91 Å². The summed E-state index contributed by atoms with van der Waals surface area (Å²) >= 11 is 0. The molecule has 0 aliphatic carbocycles. The summed E-state index contributed by atoms with van der Waals surface area (Å²) in [5, 5.41) is 4.92. The second-order valence-electron chi connectivity index (χ2n) is 8.11. The lowest BCUT2D eigenvalue weighted by atomic mass is 10.1. The number of pyridine rings is 1. The van der Waals surface area contributed by atoms with E-state index in [0.29, 0.717) is 25.3 Å². The molecule has 0 saturated heterocycles. The lowest BCUT2D eigenvalue weighted by Crippen LogP contribution is -2.29. The summed E-state index contributed by atoms with van der Waals surface area (Å²) in [5.74, 6) is 0.531. The zero-order valence-corrected chi connectivity index (χ0v) is 19.0. The lowest BCUT2D eigenvalue weighted by molar-refractivity contribution is 0.0950. The summed E-state index contributed by atoms with van der Waals surface area (Å²) in [7, 11) is 1.64. The number of nitrogens with zero attached hydrogens (tertiary/aromatic N) is 2. The van der Waals surface area contributed by atoms with Crippen molar-refractivity contribution in [3.05, 3.63) is 96.2 Å². The molecule has 6 nitrogen and oxygen atoms in total. The zero-order chi connectivity index (χ0) is 23.5. The fourth-order valence-electron chi connectivity index (χ4n) is 4.35. The molecular weight excluding hydrogens is 424 g/mol. The van der Waals surface area contributed by atoms with E-state index in [1.807, 2.05) is 60.7 Å². The fraction of sp³-hybridized carbons (Fsp3) is 0.143. The van der Waals surface area contributed by atoms with E-state index in [-0.39, 0.29) is 5.91 Å². The Morgan fingerprint density at radius 2 is 1.71 bits per heavy atom. The largest absolute Gasteiger partial charge is 0.497 e. The van der Waals surface area contributed by atoms with E-state index in [2.05, 4.69) is 34.1 Å². The molecule has 0 fully saturated rings. The molecule has 0 saturated carbocycles. The number of hydrogen-bond acceptors (Lipinski definition) is 4. The third-order valence-electron chi connectivity index (χ3n) is 5.96. The molecule has 0 atom stereocenters. The van der Waals surface area contributed by atoms with E-state index in [9.17, 15) is 4.79 Å². The monoisotopic (exact) mass is 450 g/mol. The molecule has 0 radical (unpaired) electrons. The number of amides is 1.